The number of aryl methyl sites for hydroxylation is 1. The molecule has 2 aromatic carbocycles. The zero-order chi connectivity index (χ0) is 18.5. The molecule has 0 aliphatic rings. The van der Waals surface area contributed by atoms with E-state index in [1.165, 1.54) is 16.8 Å². The van der Waals surface area contributed by atoms with Gasteiger partial charge < -0.3 is 5.32 Å². The molecule has 0 radical (unpaired) electrons. The summed E-state index contributed by atoms with van der Waals surface area (Å²) in [4.78, 5) is 24.2. The van der Waals surface area contributed by atoms with Crippen molar-refractivity contribution in [1.82, 2.24) is 20.3 Å². The topological polar surface area (TPSA) is 76.9 Å². The van der Waals surface area contributed by atoms with Crippen LogP contribution in [0.25, 0.3) is 10.9 Å². The molecule has 0 saturated carbocycles. The van der Waals surface area contributed by atoms with Crippen molar-refractivity contribution in [3.05, 3.63) is 69.2 Å². The Bertz CT molecular complexity index is 1010. The van der Waals surface area contributed by atoms with Crippen LogP contribution in [-0.2, 0) is 17.8 Å². The molecule has 26 heavy (non-hydrogen) atoms. The fourth-order valence-corrected chi connectivity index (χ4v) is 2.72. The van der Waals surface area contributed by atoms with Crippen LogP contribution < -0.4 is 10.9 Å². The van der Waals surface area contributed by atoms with E-state index in [0.29, 0.717) is 17.3 Å². The van der Waals surface area contributed by atoms with E-state index >= 15 is 0 Å². The van der Waals surface area contributed by atoms with Crippen molar-refractivity contribution in [2.45, 2.75) is 19.4 Å². The Morgan fingerprint density at radius 1 is 1.23 bits per heavy atom. The number of rotatable bonds is 6. The van der Waals surface area contributed by atoms with Crippen molar-refractivity contribution in [2.24, 2.45) is 0 Å². The minimum Gasteiger partial charge on any atom is -0.354 e. The number of nitrogens with one attached hydrogen (secondary N) is 1. The Balaban J connectivity index is 1.51. The van der Waals surface area contributed by atoms with Gasteiger partial charge in [-0.15, -0.1) is 5.10 Å². The lowest BCUT2D eigenvalue weighted by Crippen LogP contribution is -2.32. The molecule has 1 heterocycles. The van der Waals surface area contributed by atoms with E-state index in [4.69, 9.17) is 11.6 Å². The Hall–Kier alpha value is -2.80. The van der Waals surface area contributed by atoms with Gasteiger partial charge in [0.1, 0.15) is 11.3 Å². The molecule has 6 nitrogen and oxygen atoms in total. The quantitative estimate of drug-likeness (QED) is 0.718. The molecular weight excluding hydrogens is 359 g/mol. The van der Waals surface area contributed by atoms with Crippen LogP contribution in [0.5, 0.6) is 0 Å². The predicted octanol–water partition coefficient (Wildman–Crippen LogP) is 2.33. The Kier molecular flexibility index (Phi) is 5.58. The highest BCUT2D eigenvalue weighted by molar-refractivity contribution is 6.30. The average Bonchev–Trinajstić information content (AvgIpc) is 2.65. The van der Waals surface area contributed by atoms with E-state index in [1.54, 1.807) is 30.3 Å². The first-order chi connectivity index (χ1) is 12.5. The van der Waals surface area contributed by atoms with Gasteiger partial charge in [0.15, 0.2) is 0 Å². The summed E-state index contributed by atoms with van der Waals surface area (Å²) in [6.45, 7) is 0.487. The van der Waals surface area contributed by atoms with Gasteiger partial charge in [0.05, 0.1) is 17.0 Å². The number of carbonyl (C=O) groups excluding carboxylic acids is 1. The van der Waals surface area contributed by atoms with E-state index in [1.807, 2.05) is 0 Å². The minimum atomic E-state index is -0.484. The average molecular weight is 375 g/mol. The van der Waals surface area contributed by atoms with E-state index < -0.39 is 5.82 Å². The van der Waals surface area contributed by atoms with Gasteiger partial charge >= 0.3 is 0 Å². The molecule has 1 amide bonds. The lowest BCUT2D eigenvalue weighted by atomic mass is 10.1. The lowest BCUT2D eigenvalue weighted by Gasteiger charge is -2.07. The second kappa shape index (κ2) is 8.05. The maximum Gasteiger partial charge on any atom is 0.277 e. The normalized spacial score (nSPS) is 10.8. The molecule has 3 aromatic rings. The summed E-state index contributed by atoms with van der Waals surface area (Å²) in [6.07, 6.45) is 0.682. The van der Waals surface area contributed by atoms with Gasteiger partial charge in [0.2, 0.25) is 5.91 Å². The molecule has 0 unspecified atom stereocenters. The number of aromatic nitrogens is 3. The highest BCUT2D eigenvalue weighted by Gasteiger charge is 2.07. The number of benzene rings is 2. The molecular formula is C18H16ClFN4O2. The standard InChI is InChI=1S/C18H16ClFN4O2/c19-14-11-12(5-7-15(14)20)6-8-17(25)21-9-10-24-18(26)13-3-1-2-4-16(13)22-23-24/h1-5,7,11H,6,8-10H2,(H,21,25). The number of nitrogens with zero attached hydrogens (tertiary/aromatic N) is 3. The van der Waals surface area contributed by atoms with Crippen molar-refractivity contribution in [1.29, 1.82) is 0 Å². The summed E-state index contributed by atoms with van der Waals surface area (Å²) in [6, 6.07) is 11.3. The van der Waals surface area contributed by atoms with Gasteiger partial charge in [0, 0.05) is 13.0 Å². The summed E-state index contributed by atoms with van der Waals surface area (Å²) < 4.78 is 14.3. The largest absolute Gasteiger partial charge is 0.354 e. The number of hydrogen-bond donors (Lipinski definition) is 1. The summed E-state index contributed by atoms with van der Waals surface area (Å²) in [5, 5.41) is 11.1. The molecule has 1 N–H and O–H groups in total. The van der Waals surface area contributed by atoms with Crippen LogP contribution in [-0.4, -0.2) is 27.4 Å². The van der Waals surface area contributed by atoms with Gasteiger partial charge in [-0.1, -0.05) is 35.0 Å². The number of amides is 1. The SMILES string of the molecule is O=C(CCc1ccc(F)c(Cl)c1)NCCn1nnc2ccccc2c1=O. The molecule has 0 fully saturated rings. The van der Waals surface area contributed by atoms with Crippen molar-refractivity contribution < 1.29 is 9.18 Å². The fourth-order valence-electron chi connectivity index (χ4n) is 2.51. The highest BCUT2D eigenvalue weighted by Crippen LogP contribution is 2.16. The Labute approximate surface area is 153 Å². The monoisotopic (exact) mass is 374 g/mol. The third kappa shape index (κ3) is 4.23. The van der Waals surface area contributed by atoms with Crippen LogP contribution in [0.4, 0.5) is 4.39 Å². The third-order valence-electron chi connectivity index (χ3n) is 3.90. The summed E-state index contributed by atoms with van der Waals surface area (Å²) in [5.74, 6) is -0.658. The van der Waals surface area contributed by atoms with Crippen LogP contribution >= 0.6 is 11.6 Å². The Morgan fingerprint density at radius 3 is 2.85 bits per heavy atom. The highest BCUT2D eigenvalue weighted by atomic mass is 35.5. The number of hydrogen-bond acceptors (Lipinski definition) is 4. The van der Waals surface area contributed by atoms with E-state index in [-0.39, 0.29) is 36.0 Å². The first kappa shape index (κ1) is 18.0. The molecule has 0 saturated heterocycles. The van der Waals surface area contributed by atoms with Gasteiger partial charge in [0.25, 0.3) is 5.56 Å². The second-order valence-electron chi connectivity index (χ2n) is 5.73. The maximum absolute atomic E-state index is 13.1. The third-order valence-corrected chi connectivity index (χ3v) is 4.19. The van der Waals surface area contributed by atoms with Crippen molar-refractivity contribution in [3.8, 4) is 0 Å². The number of halogens is 2. The van der Waals surface area contributed by atoms with Gasteiger partial charge in [-0.3, -0.25) is 9.59 Å². The molecule has 1 aromatic heterocycles. The van der Waals surface area contributed by atoms with Crippen LogP contribution in [0.3, 0.4) is 0 Å². The van der Waals surface area contributed by atoms with Crippen LogP contribution in [0, 0.1) is 5.82 Å². The van der Waals surface area contributed by atoms with Gasteiger partial charge in [-0.05, 0) is 36.2 Å². The molecule has 0 aliphatic carbocycles. The van der Waals surface area contributed by atoms with Crippen LogP contribution in [0.2, 0.25) is 5.02 Å². The molecule has 0 bridgehead atoms. The lowest BCUT2D eigenvalue weighted by molar-refractivity contribution is -0.121. The Morgan fingerprint density at radius 2 is 2.04 bits per heavy atom. The second-order valence-corrected chi connectivity index (χ2v) is 6.14. The summed E-state index contributed by atoms with van der Waals surface area (Å²) in [5.41, 5.74) is 1.07. The zero-order valence-electron chi connectivity index (χ0n) is 13.8. The first-order valence-corrected chi connectivity index (χ1v) is 8.45. The van der Waals surface area contributed by atoms with Crippen molar-refractivity contribution >= 4 is 28.4 Å². The molecule has 0 spiro atoms. The van der Waals surface area contributed by atoms with Gasteiger partial charge in [-0.25, -0.2) is 9.07 Å². The molecule has 3 rings (SSSR count). The first-order valence-electron chi connectivity index (χ1n) is 8.08. The fraction of sp³-hybridized carbons (Fsp3) is 0.222. The summed E-state index contributed by atoms with van der Waals surface area (Å²) >= 11 is 5.72. The molecule has 8 heteroatoms. The van der Waals surface area contributed by atoms with E-state index in [0.717, 1.165) is 5.56 Å². The summed E-state index contributed by atoms with van der Waals surface area (Å²) in [7, 11) is 0. The van der Waals surface area contributed by atoms with E-state index in [2.05, 4.69) is 15.6 Å². The zero-order valence-corrected chi connectivity index (χ0v) is 14.5. The van der Waals surface area contributed by atoms with Crippen molar-refractivity contribution in [2.75, 3.05) is 6.54 Å². The smallest absolute Gasteiger partial charge is 0.277 e. The number of fused-ring (bicyclic) bond motifs is 1. The van der Waals surface area contributed by atoms with Crippen LogP contribution in [0.1, 0.15) is 12.0 Å². The molecule has 0 atom stereocenters. The van der Waals surface area contributed by atoms with Crippen molar-refractivity contribution in [3.63, 3.8) is 0 Å². The maximum atomic E-state index is 13.1. The minimum absolute atomic E-state index is 0.0390. The van der Waals surface area contributed by atoms with Crippen LogP contribution in [0.15, 0.2) is 47.3 Å². The predicted molar refractivity (Wildman–Crippen MR) is 96.5 cm³/mol. The molecule has 134 valence electrons. The number of carbonyl (C=O) groups is 1. The molecule has 0 aliphatic heterocycles. The van der Waals surface area contributed by atoms with Gasteiger partial charge in [-0.2, -0.15) is 0 Å². The van der Waals surface area contributed by atoms with E-state index in [9.17, 15) is 14.0 Å².